The summed E-state index contributed by atoms with van der Waals surface area (Å²) in [7, 11) is 0. The highest BCUT2D eigenvalue weighted by molar-refractivity contribution is 7.99. The van der Waals surface area contributed by atoms with Gasteiger partial charge in [0.25, 0.3) is 0 Å². The van der Waals surface area contributed by atoms with Crippen LogP contribution in [-0.4, -0.2) is 52.8 Å². The fourth-order valence-corrected chi connectivity index (χ4v) is 2.72. The largest absolute Gasteiger partial charge is 0.480 e. The summed E-state index contributed by atoms with van der Waals surface area (Å²) in [5.41, 5.74) is 0. The number of alkyl halides is 3. The van der Waals surface area contributed by atoms with Crippen molar-refractivity contribution in [3.8, 4) is 0 Å². The van der Waals surface area contributed by atoms with E-state index in [0.29, 0.717) is 12.3 Å². The topological polar surface area (TPSA) is 40.5 Å². The quantitative estimate of drug-likeness (QED) is 0.834. The van der Waals surface area contributed by atoms with Crippen LogP contribution in [-0.2, 0) is 4.79 Å². The predicted octanol–water partition coefficient (Wildman–Crippen LogP) is 1.83. The minimum Gasteiger partial charge on any atom is -0.480 e. The van der Waals surface area contributed by atoms with Crippen molar-refractivity contribution in [2.75, 3.05) is 24.6 Å². The van der Waals surface area contributed by atoms with E-state index in [2.05, 4.69) is 0 Å². The van der Waals surface area contributed by atoms with E-state index >= 15 is 0 Å². The van der Waals surface area contributed by atoms with Crippen LogP contribution in [0.3, 0.4) is 0 Å². The van der Waals surface area contributed by atoms with Crippen LogP contribution < -0.4 is 0 Å². The van der Waals surface area contributed by atoms with Crippen molar-refractivity contribution in [2.24, 2.45) is 0 Å². The van der Waals surface area contributed by atoms with Gasteiger partial charge in [-0.15, -0.1) is 0 Å². The summed E-state index contributed by atoms with van der Waals surface area (Å²) in [6.07, 6.45) is -5.02. The van der Waals surface area contributed by atoms with E-state index < -0.39 is 24.6 Å². The van der Waals surface area contributed by atoms with Crippen molar-refractivity contribution < 1.29 is 23.1 Å². The standard InChI is InChI=1S/C9H14F3NO2S/c10-9(11,12)2-1-3-13-4-5-16-6-7(13)8(14)15/h7H,1-6H2,(H,14,15). The van der Waals surface area contributed by atoms with Gasteiger partial charge < -0.3 is 5.11 Å². The Kier molecular flexibility index (Phi) is 4.91. The molecule has 1 heterocycles. The molecular formula is C9H14F3NO2S. The summed E-state index contributed by atoms with van der Waals surface area (Å²) in [5, 5.41) is 8.89. The first-order valence-corrected chi connectivity index (χ1v) is 6.17. The van der Waals surface area contributed by atoms with Crippen LogP contribution >= 0.6 is 11.8 Å². The predicted molar refractivity (Wildman–Crippen MR) is 55.6 cm³/mol. The Morgan fingerprint density at radius 3 is 2.75 bits per heavy atom. The van der Waals surface area contributed by atoms with Crippen molar-refractivity contribution in [3.63, 3.8) is 0 Å². The monoisotopic (exact) mass is 257 g/mol. The highest BCUT2D eigenvalue weighted by Gasteiger charge is 2.31. The first-order chi connectivity index (χ1) is 7.40. The van der Waals surface area contributed by atoms with Crippen molar-refractivity contribution in [3.05, 3.63) is 0 Å². The molecule has 1 atom stereocenters. The number of carboxylic acid groups (broad SMARTS) is 1. The smallest absolute Gasteiger partial charge is 0.389 e. The molecule has 7 heteroatoms. The Morgan fingerprint density at radius 2 is 2.19 bits per heavy atom. The second kappa shape index (κ2) is 5.77. The SMILES string of the molecule is O=C(O)C1CSCCN1CCCC(F)(F)F. The Labute approximate surface area is 96.0 Å². The van der Waals surface area contributed by atoms with Gasteiger partial charge >= 0.3 is 12.1 Å². The minimum absolute atomic E-state index is 0.0298. The number of aliphatic carboxylic acids is 1. The van der Waals surface area contributed by atoms with Gasteiger partial charge in [-0.05, 0) is 13.0 Å². The lowest BCUT2D eigenvalue weighted by Crippen LogP contribution is -2.47. The minimum atomic E-state index is -4.15. The second-order valence-corrected chi connectivity index (χ2v) is 4.83. The molecule has 0 amide bonds. The molecule has 0 aromatic carbocycles. The maximum Gasteiger partial charge on any atom is 0.389 e. The number of halogens is 3. The molecule has 16 heavy (non-hydrogen) atoms. The summed E-state index contributed by atoms with van der Waals surface area (Å²) in [6.45, 7) is 0.760. The van der Waals surface area contributed by atoms with Gasteiger partial charge in [0.15, 0.2) is 0 Å². The van der Waals surface area contributed by atoms with Gasteiger partial charge in [0.2, 0.25) is 0 Å². The third-order valence-corrected chi connectivity index (χ3v) is 3.45. The summed E-state index contributed by atoms with van der Waals surface area (Å²) in [4.78, 5) is 12.5. The van der Waals surface area contributed by atoms with E-state index in [-0.39, 0.29) is 13.0 Å². The number of hydrogen-bond donors (Lipinski definition) is 1. The molecule has 0 radical (unpaired) electrons. The van der Waals surface area contributed by atoms with Gasteiger partial charge in [0.1, 0.15) is 6.04 Å². The summed E-state index contributed by atoms with van der Waals surface area (Å²) >= 11 is 1.53. The number of rotatable bonds is 4. The van der Waals surface area contributed by atoms with Crippen LogP contribution in [0.25, 0.3) is 0 Å². The molecule has 0 aliphatic carbocycles. The van der Waals surface area contributed by atoms with Crippen LogP contribution in [0.4, 0.5) is 13.2 Å². The van der Waals surface area contributed by atoms with E-state index in [4.69, 9.17) is 5.11 Å². The zero-order valence-corrected chi connectivity index (χ0v) is 9.48. The lowest BCUT2D eigenvalue weighted by atomic mass is 10.2. The molecule has 0 spiro atoms. The second-order valence-electron chi connectivity index (χ2n) is 3.68. The Bertz CT molecular complexity index is 247. The Morgan fingerprint density at radius 1 is 1.50 bits per heavy atom. The maximum absolute atomic E-state index is 11.9. The van der Waals surface area contributed by atoms with Crippen molar-refractivity contribution in [1.82, 2.24) is 4.90 Å². The first kappa shape index (κ1) is 13.6. The zero-order valence-electron chi connectivity index (χ0n) is 8.66. The average Bonchev–Trinajstić information content (AvgIpc) is 2.16. The summed E-state index contributed by atoms with van der Waals surface area (Å²) in [6, 6.07) is -0.632. The van der Waals surface area contributed by atoms with E-state index in [1.165, 1.54) is 11.8 Å². The molecule has 1 fully saturated rings. The fraction of sp³-hybridized carbons (Fsp3) is 0.889. The van der Waals surface area contributed by atoms with Crippen LogP contribution in [0.5, 0.6) is 0 Å². The molecule has 0 bridgehead atoms. The third-order valence-electron chi connectivity index (χ3n) is 2.43. The normalized spacial score (nSPS) is 23.3. The number of hydrogen-bond acceptors (Lipinski definition) is 3. The van der Waals surface area contributed by atoms with E-state index in [1.54, 1.807) is 4.90 Å². The van der Waals surface area contributed by atoms with Crippen molar-refractivity contribution in [2.45, 2.75) is 25.1 Å². The Balaban J connectivity index is 2.36. The molecule has 0 aromatic heterocycles. The average molecular weight is 257 g/mol. The van der Waals surface area contributed by atoms with Crippen molar-refractivity contribution >= 4 is 17.7 Å². The molecule has 0 aromatic rings. The summed E-state index contributed by atoms with van der Waals surface area (Å²) < 4.78 is 35.8. The fourth-order valence-electron chi connectivity index (χ4n) is 1.62. The van der Waals surface area contributed by atoms with Gasteiger partial charge in [0.05, 0.1) is 0 Å². The van der Waals surface area contributed by atoms with Crippen molar-refractivity contribution in [1.29, 1.82) is 0 Å². The van der Waals surface area contributed by atoms with Crippen LogP contribution in [0, 0.1) is 0 Å². The van der Waals surface area contributed by atoms with Gasteiger partial charge in [0, 0.05) is 24.5 Å². The van der Waals surface area contributed by atoms with Gasteiger partial charge in [-0.2, -0.15) is 24.9 Å². The number of thioether (sulfide) groups is 1. The molecule has 1 aliphatic rings. The highest BCUT2D eigenvalue weighted by Crippen LogP contribution is 2.23. The van der Waals surface area contributed by atoms with E-state index in [9.17, 15) is 18.0 Å². The van der Waals surface area contributed by atoms with Gasteiger partial charge in [-0.25, -0.2) is 0 Å². The first-order valence-electron chi connectivity index (χ1n) is 5.01. The lowest BCUT2D eigenvalue weighted by Gasteiger charge is -2.32. The van der Waals surface area contributed by atoms with Gasteiger partial charge in [-0.3, -0.25) is 9.69 Å². The van der Waals surface area contributed by atoms with Crippen LogP contribution in [0.1, 0.15) is 12.8 Å². The third kappa shape index (κ3) is 4.61. The maximum atomic E-state index is 11.9. The molecule has 1 rings (SSSR count). The van der Waals surface area contributed by atoms with Gasteiger partial charge in [-0.1, -0.05) is 0 Å². The molecule has 1 N–H and O–H groups in total. The molecule has 1 unspecified atom stereocenters. The number of carbonyl (C=O) groups is 1. The number of nitrogens with zero attached hydrogens (tertiary/aromatic N) is 1. The molecule has 0 saturated carbocycles. The van der Waals surface area contributed by atoms with E-state index in [0.717, 1.165) is 5.75 Å². The molecule has 1 aliphatic heterocycles. The number of carboxylic acids is 1. The molecule has 3 nitrogen and oxygen atoms in total. The van der Waals surface area contributed by atoms with Crippen LogP contribution in [0.2, 0.25) is 0 Å². The van der Waals surface area contributed by atoms with E-state index in [1.807, 2.05) is 0 Å². The molecule has 94 valence electrons. The van der Waals surface area contributed by atoms with Crippen LogP contribution in [0.15, 0.2) is 0 Å². The Hall–Kier alpha value is -0.430. The zero-order chi connectivity index (χ0) is 12.2. The molecular weight excluding hydrogens is 243 g/mol. The molecule has 1 saturated heterocycles. The lowest BCUT2D eigenvalue weighted by molar-refractivity contribution is -0.143. The highest BCUT2D eigenvalue weighted by atomic mass is 32.2. The summed E-state index contributed by atoms with van der Waals surface area (Å²) in [5.74, 6) is 0.302.